The van der Waals surface area contributed by atoms with E-state index in [9.17, 15) is 19.6 Å². The van der Waals surface area contributed by atoms with E-state index in [1.54, 1.807) is 49.5 Å². The maximum atomic E-state index is 13.2. The zero-order valence-corrected chi connectivity index (χ0v) is 20.0. The Morgan fingerprint density at radius 2 is 1.81 bits per heavy atom. The highest BCUT2D eigenvalue weighted by molar-refractivity contribution is 6.07. The average molecular weight is 489 g/mol. The number of anilines is 1. The lowest BCUT2D eigenvalue weighted by Crippen LogP contribution is -2.40. The third-order valence-corrected chi connectivity index (χ3v) is 6.09. The number of nitrogens with zero attached hydrogens (tertiary/aromatic N) is 3. The first-order valence-corrected chi connectivity index (χ1v) is 11.0. The number of allylic oxidation sites excluding steroid dienone is 1. The molecule has 2 aromatic carbocycles. The number of hydrogen-bond donors (Lipinski definition) is 1. The van der Waals surface area contributed by atoms with E-state index in [0.29, 0.717) is 24.5 Å². The van der Waals surface area contributed by atoms with Crippen LogP contribution in [0.25, 0.3) is 0 Å². The van der Waals surface area contributed by atoms with Crippen LogP contribution in [0.15, 0.2) is 71.2 Å². The molecule has 0 aliphatic carbocycles. The van der Waals surface area contributed by atoms with Crippen molar-refractivity contribution in [3.63, 3.8) is 0 Å². The maximum absolute atomic E-state index is 13.2. The van der Waals surface area contributed by atoms with E-state index < -0.39 is 17.9 Å². The fraction of sp³-hybridized carbons (Fsp3) is 0.231. The summed E-state index contributed by atoms with van der Waals surface area (Å²) in [7, 11) is 4.00. The molecule has 4 rings (SSSR count). The van der Waals surface area contributed by atoms with Crippen LogP contribution in [0.2, 0.25) is 0 Å². The van der Waals surface area contributed by atoms with Crippen molar-refractivity contribution >= 4 is 23.5 Å². The molecule has 0 spiro atoms. The number of methoxy groups -OCH3 is 2. The topological polar surface area (TPSA) is 135 Å². The fourth-order valence-electron chi connectivity index (χ4n) is 4.33. The van der Waals surface area contributed by atoms with Crippen molar-refractivity contribution < 1.29 is 28.6 Å². The third kappa shape index (κ3) is 4.01. The zero-order chi connectivity index (χ0) is 26.0. The monoisotopic (exact) mass is 488 g/mol. The molecule has 10 heteroatoms. The third-order valence-electron chi connectivity index (χ3n) is 6.09. The van der Waals surface area contributed by atoms with Gasteiger partial charge in [-0.1, -0.05) is 30.3 Å². The Bertz CT molecular complexity index is 1340. The molecule has 0 saturated heterocycles. The van der Waals surface area contributed by atoms with Gasteiger partial charge in [0.15, 0.2) is 0 Å². The summed E-state index contributed by atoms with van der Waals surface area (Å²) in [4.78, 5) is 42.0. The molecule has 2 aliphatic rings. The normalized spacial score (nSPS) is 17.6. The molecule has 10 nitrogen and oxygen atoms in total. The molecule has 1 amide bonds. The Morgan fingerprint density at radius 1 is 1.11 bits per heavy atom. The molecule has 0 fully saturated rings. The van der Waals surface area contributed by atoms with Gasteiger partial charge in [0.25, 0.3) is 5.91 Å². The van der Waals surface area contributed by atoms with Crippen LogP contribution in [0.5, 0.6) is 5.75 Å². The summed E-state index contributed by atoms with van der Waals surface area (Å²) in [6.07, 6.45) is 0. The van der Waals surface area contributed by atoms with E-state index in [4.69, 9.17) is 19.9 Å². The summed E-state index contributed by atoms with van der Waals surface area (Å²) in [5.41, 5.74) is 7.28. The van der Waals surface area contributed by atoms with Crippen LogP contribution in [0.3, 0.4) is 0 Å². The van der Waals surface area contributed by atoms with E-state index in [-0.39, 0.29) is 39.8 Å². The summed E-state index contributed by atoms with van der Waals surface area (Å²) < 4.78 is 15.8. The molecule has 1 atom stereocenters. The van der Waals surface area contributed by atoms with Crippen molar-refractivity contribution in [2.75, 3.05) is 39.3 Å². The number of fused-ring (bicyclic) bond motifs is 1. The number of nitriles is 1. The molecule has 0 saturated carbocycles. The van der Waals surface area contributed by atoms with E-state index in [2.05, 4.69) is 6.07 Å². The first kappa shape index (κ1) is 24.3. The summed E-state index contributed by atoms with van der Waals surface area (Å²) in [6.45, 7) is 0.712. The summed E-state index contributed by atoms with van der Waals surface area (Å²) in [5, 5.41) is 10.1. The van der Waals surface area contributed by atoms with Gasteiger partial charge in [0, 0.05) is 12.7 Å². The lowest BCUT2D eigenvalue weighted by atomic mass is 9.81. The molecule has 2 heterocycles. The van der Waals surface area contributed by atoms with Crippen LogP contribution in [0, 0.1) is 11.3 Å². The van der Waals surface area contributed by atoms with Crippen molar-refractivity contribution in [1.82, 2.24) is 4.90 Å². The number of ether oxygens (including phenoxy) is 3. The van der Waals surface area contributed by atoms with Crippen LogP contribution in [0.4, 0.5) is 5.69 Å². The maximum Gasteiger partial charge on any atom is 0.355 e. The minimum atomic E-state index is -0.981. The van der Waals surface area contributed by atoms with E-state index in [1.165, 1.54) is 30.1 Å². The first-order chi connectivity index (χ1) is 17.3. The van der Waals surface area contributed by atoms with Crippen LogP contribution >= 0.6 is 0 Å². The van der Waals surface area contributed by atoms with Crippen LogP contribution in [-0.2, 0) is 19.1 Å². The van der Waals surface area contributed by atoms with E-state index in [0.717, 1.165) is 0 Å². The molecule has 1 unspecified atom stereocenters. The highest BCUT2D eigenvalue weighted by Gasteiger charge is 2.43. The number of amides is 1. The van der Waals surface area contributed by atoms with Crippen molar-refractivity contribution in [1.29, 1.82) is 5.26 Å². The first-order valence-electron chi connectivity index (χ1n) is 11.0. The molecule has 2 N–H and O–H groups in total. The standard InChI is InChI=1S/C26H24N4O6/c1-29-11-12-36-19-10-9-16(13-17(19)24(29)31)30-22(26(33)35-3)21(25(32)34-2)20(18(14-27)23(30)28)15-7-5-4-6-8-15/h4-10,13,20H,11-12,28H2,1-3H3. The summed E-state index contributed by atoms with van der Waals surface area (Å²) >= 11 is 0. The average Bonchev–Trinajstić information content (AvgIpc) is 3.04. The zero-order valence-electron chi connectivity index (χ0n) is 20.0. The molecule has 2 aromatic rings. The van der Waals surface area contributed by atoms with E-state index in [1.807, 2.05) is 0 Å². The number of nitrogens with two attached hydrogens (primary N) is 1. The van der Waals surface area contributed by atoms with Gasteiger partial charge < -0.3 is 24.8 Å². The number of rotatable bonds is 4. The van der Waals surface area contributed by atoms with Gasteiger partial charge in [0.1, 0.15) is 23.9 Å². The number of likely N-dealkylation sites (N-methyl/N-ethyl adjacent to an activating group) is 1. The van der Waals surface area contributed by atoms with Gasteiger partial charge in [-0.15, -0.1) is 0 Å². The highest BCUT2D eigenvalue weighted by Crippen LogP contribution is 2.43. The van der Waals surface area contributed by atoms with Gasteiger partial charge in [-0.3, -0.25) is 9.69 Å². The molecule has 2 aliphatic heterocycles. The number of carbonyl (C=O) groups is 3. The number of esters is 2. The Balaban J connectivity index is 2.02. The van der Waals surface area contributed by atoms with Crippen molar-refractivity contribution in [2.24, 2.45) is 5.73 Å². The van der Waals surface area contributed by atoms with Gasteiger partial charge in [-0.05, 0) is 23.8 Å². The molecular weight excluding hydrogens is 464 g/mol. The lowest BCUT2D eigenvalue weighted by Gasteiger charge is -2.36. The van der Waals surface area contributed by atoms with Gasteiger partial charge in [0.05, 0.1) is 49.5 Å². The molecule has 0 bridgehead atoms. The number of carbonyl (C=O) groups excluding carboxylic acids is 3. The fourth-order valence-corrected chi connectivity index (χ4v) is 4.33. The van der Waals surface area contributed by atoms with E-state index >= 15 is 0 Å². The lowest BCUT2D eigenvalue weighted by molar-refractivity contribution is -0.139. The van der Waals surface area contributed by atoms with Crippen molar-refractivity contribution in [2.45, 2.75) is 5.92 Å². The van der Waals surface area contributed by atoms with Gasteiger partial charge in [-0.2, -0.15) is 5.26 Å². The molecule has 184 valence electrons. The predicted molar refractivity (Wildman–Crippen MR) is 128 cm³/mol. The summed E-state index contributed by atoms with van der Waals surface area (Å²) in [5.74, 6) is -2.69. The second-order valence-electron chi connectivity index (χ2n) is 8.09. The minimum Gasteiger partial charge on any atom is -0.491 e. The minimum absolute atomic E-state index is 0.0314. The highest BCUT2D eigenvalue weighted by atomic mass is 16.5. The smallest absolute Gasteiger partial charge is 0.355 e. The molecule has 36 heavy (non-hydrogen) atoms. The number of hydrogen-bond acceptors (Lipinski definition) is 9. The van der Waals surface area contributed by atoms with Gasteiger partial charge in [0.2, 0.25) is 0 Å². The summed E-state index contributed by atoms with van der Waals surface area (Å²) in [6, 6.07) is 15.5. The Kier molecular flexibility index (Phi) is 6.65. The molecule has 0 radical (unpaired) electrons. The van der Waals surface area contributed by atoms with Crippen LogP contribution in [-0.4, -0.2) is 57.2 Å². The Morgan fingerprint density at radius 3 is 2.44 bits per heavy atom. The Hall–Kier alpha value is -4.78. The van der Waals surface area contributed by atoms with Crippen molar-refractivity contribution in [3.8, 4) is 11.8 Å². The molecular formula is C26H24N4O6. The van der Waals surface area contributed by atoms with Crippen molar-refractivity contribution in [3.05, 3.63) is 82.3 Å². The second-order valence-corrected chi connectivity index (χ2v) is 8.09. The second kappa shape index (κ2) is 9.84. The predicted octanol–water partition coefficient (Wildman–Crippen LogP) is 2.05. The van der Waals surface area contributed by atoms with Crippen LogP contribution in [0.1, 0.15) is 21.8 Å². The molecule has 0 aromatic heterocycles. The number of benzene rings is 2. The quantitative estimate of drug-likeness (QED) is 0.642. The Labute approximate surface area is 207 Å². The SMILES string of the molecule is COC(=O)C1=C(C(=O)OC)N(c2ccc3c(c2)C(=O)N(C)CCO3)C(N)=C(C#N)C1c1ccccc1. The van der Waals surface area contributed by atoms with Gasteiger partial charge >= 0.3 is 11.9 Å². The van der Waals surface area contributed by atoms with Crippen LogP contribution < -0.4 is 15.4 Å². The largest absolute Gasteiger partial charge is 0.491 e. The van der Waals surface area contributed by atoms with Gasteiger partial charge in [-0.25, -0.2) is 9.59 Å².